The molecule has 7 heavy (non-hydrogen) atoms. The van der Waals surface area contributed by atoms with Crippen molar-refractivity contribution in [3.8, 4) is 0 Å². The van der Waals surface area contributed by atoms with E-state index in [1.54, 1.807) is 0 Å². The molecule has 0 N–H and O–H groups in total. The van der Waals surface area contributed by atoms with Gasteiger partial charge in [-0.15, -0.1) is 0 Å². The predicted octanol–water partition coefficient (Wildman–Crippen LogP) is -1.15. The molecule has 0 saturated carbocycles. The van der Waals surface area contributed by atoms with Crippen LogP contribution in [0.2, 0.25) is 0 Å². The SMILES string of the molecule is [H-].[N-]=[N+]=[N-].[N-]=[N+]=[N-].[Na+]. The average Bonchev–Trinajstić information content (AvgIpc) is 1.39. The van der Waals surface area contributed by atoms with Gasteiger partial charge in [-0.3, -0.25) is 9.82 Å². The standard InChI is InChI=1S/2N3.Na.H/c2*1-3-2;;/q2*-1;+1;-1. The van der Waals surface area contributed by atoms with Crippen LogP contribution in [-0.2, 0) is 0 Å². The summed E-state index contributed by atoms with van der Waals surface area (Å²) in [6.45, 7) is 0. The van der Waals surface area contributed by atoms with Crippen LogP contribution in [0.1, 0.15) is 1.43 Å². The van der Waals surface area contributed by atoms with E-state index in [0.29, 0.717) is 0 Å². The second-order valence-corrected chi connectivity index (χ2v) is 0.179. The van der Waals surface area contributed by atoms with Gasteiger partial charge >= 0.3 is 29.6 Å². The van der Waals surface area contributed by atoms with Crippen molar-refractivity contribution in [1.82, 2.24) is 0 Å². The number of hydrogen-bond acceptors (Lipinski definition) is 0. The predicted molar refractivity (Wildman–Crippen MR) is 21.3 cm³/mol. The Bertz CT molecular complexity index is 62.5. The van der Waals surface area contributed by atoms with Crippen molar-refractivity contribution < 1.29 is 31.0 Å². The minimum Gasteiger partial charge on any atom is -1.00 e. The zero-order chi connectivity index (χ0) is 5.41. The Morgan fingerprint density at radius 3 is 0.857 bits per heavy atom. The minimum atomic E-state index is 0. The van der Waals surface area contributed by atoms with Crippen LogP contribution in [0, 0.1) is 0 Å². The van der Waals surface area contributed by atoms with E-state index in [0.717, 1.165) is 0 Å². The molecule has 0 aromatic heterocycles. The van der Waals surface area contributed by atoms with Crippen LogP contribution in [0.5, 0.6) is 0 Å². The molecule has 7 heteroatoms. The zero-order valence-corrected chi connectivity index (χ0v) is 5.68. The van der Waals surface area contributed by atoms with Crippen LogP contribution >= 0.6 is 0 Å². The van der Waals surface area contributed by atoms with Crippen molar-refractivity contribution in [3.63, 3.8) is 0 Å². The normalized spacial score (nSPS) is 2.29. The first-order chi connectivity index (χ1) is 2.83. The summed E-state index contributed by atoms with van der Waals surface area (Å²) in [5.74, 6) is 0. The molecule has 0 aromatic carbocycles. The molecule has 0 saturated heterocycles. The third-order valence-corrected chi connectivity index (χ3v) is 0. The molecule has 0 aromatic rings. The van der Waals surface area contributed by atoms with E-state index in [4.69, 9.17) is 22.1 Å². The van der Waals surface area contributed by atoms with Gasteiger partial charge in [-0.2, -0.15) is 0 Å². The third-order valence-electron chi connectivity index (χ3n) is 0. The van der Waals surface area contributed by atoms with Gasteiger partial charge in [-0.1, -0.05) is 0 Å². The van der Waals surface area contributed by atoms with Crippen LogP contribution in [0.25, 0.3) is 31.9 Å². The first-order valence-electron chi connectivity index (χ1n) is 0.800. The monoisotopic (exact) mass is 108 g/mol. The molecule has 0 aliphatic carbocycles. The van der Waals surface area contributed by atoms with Gasteiger partial charge in [0.05, 0.1) is 0 Å². The van der Waals surface area contributed by atoms with Crippen molar-refractivity contribution >= 4 is 0 Å². The van der Waals surface area contributed by atoms with Crippen molar-refractivity contribution in [2.75, 3.05) is 0 Å². The summed E-state index contributed by atoms with van der Waals surface area (Å²) in [4.78, 5) is 3.00. The van der Waals surface area contributed by atoms with E-state index >= 15 is 0 Å². The summed E-state index contributed by atoms with van der Waals surface area (Å²) >= 11 is 0. The van der Waals surface area contributed by atoms with E-state index in [-0.39, 0.29) is 31.0 Å². The molecule has 0 atom stereocenters. The molecule has 0 spiro atoms. The van der Waals surface area contributed by atoms with Crippen molar-refractivity contribution in [2.24, 2.45) is 0 Å². The van der Waals surface area contributed by atoms with Crippen LogP contribution in [0.15, 0.2) is 0 Å². The number of hydrogen-bond donors (Lipinski definition) is 0. The molecule has 0 bridgehead atoms. The Balaban J connectivity index is -0.0000000160. The van der Waals surface area contributed by atoms with Gasteiger partial charge in [0, 0.05) is 0 Å². The fourth-order valence-electron chi connectivity index (χ4n) is 0. The Kier molecular flexibility index (Phi) is 104. The second kappa shape index (κ2) is 45.7. The molecule has 6 nitrogen and oxygen atoms in total. The number of rotatable bonds is 0. The van der Waals surface area contributed by atoms with Crippen LogP contribution in [0.3, 0.4) is 0 Å². The van der Waals surface area contributed by atoms with E-state index < -0.39 is 0 Å². The van der Waals surface area contributed by atoms with Gasteiger partial charge in [0.25, 0.3) is 0 Å². The maximum Gasteiger partial charge on any atom is 1.00 e. The van der Waals surface area contributed by atoms with Gasteiger partial charge < -0.3 is 23.6 Å². The Morgan fingerprint density at radius 2 is 0.857 bits per heavy atom. The first-order valence-corrected chi connectivity index (χ1v) is 0.800. The van der Waals surface area contributed by atoms with Crippen molar-refractivity contribution in [2.45, 2.75) is 0 Å². The molecule has 0 heterocycles. The largest absolute Gasteiger partial charge is 1.00 e. The summed E-state index contributed by atoms with van der Waals surface area (Å²) in [5.41, 5.74) is 27.0. The van der Waals surface area contributed by atoms with Crippen LogP contribution in [-0.4, -0.2) is 0 Å². The van der Waals surface area contributed by atoms with Crippen molar-refractivity contribution in [3.05, 3.63) is 31.9 Å². The molecular formula is HN6Na-2. The molecule has 0 fully saturated rings. The van der Waals surface area contributed by atoms with E-state index in [9.17, 15) is 0 Å². The molecule has 34 valence electrons. The van der Waals surface area contributed by atoms with Gasteiger partial charge in [-0.05, 0) is 0 Å². The smallest absolute Gasteiger partial charge is 1.00 e. The summed E-state index contributed by atoms with van der Waals surface area (Å²) in [5, 5.41) is 0. The third kappa shape index (κ3) is 510. The Hall–Kier alpha value is -0.380. The maximum absolute atomic E-state index is 6.75. The summed E-state index contributed by atoms with van der Waals surface area (Å²) < 4.78 is 0. The molecule has 0 unspecified atom stereocenters. The second-order valence-electron chi connectivity index (χ2n) is 0.179. The fraction of sp³-hybridized carbons (Fsp3) is 0. The van der Waals surface area contributed by atoms with E-state index in [2.05, 4.69) is 0 Å². The van der Waals surface area contributed by atoms with Crippen LogP contribution < -0.4 is 29.6 Å². The first kappa shape index (κ1) is 16.0. The molecule has 0 aliphatic rings. The van der Waals surface area contributed by atoms with Gasteiger partial charge in [-0.25, -0.2) is 0 Å². The minimum absolute atomic E-state index is 0. The molecule has 0 amide bonds. The zero-order valence-electron chi connectivity index (χ0n) is 4.68. The van der Waals surface area contributed by atoms with Crippen molar-refractivity contribution in [1.29, 1.82) is 0 Å². The van der Waals surface area contributed by atoms with E-state index in [1.807, 2.05) is 0 Å². The fourth-order valence-corrected chi connectivity index (χ4v) is 0. The van der Waals surface area contributed by atoms with Gasteiger partial charge in [0.1, 0.15) is 0 Å². The summed E-state index contributed by atoms with van der Waals surface area (Å²) in [7, 11) is 0. The molecular weight excluding hydrogens is 107 g/mol. The molecule has 0 rings (SSSR count). The Labute approximate surface area is 63.1 Å². The summed E-state index contributed by atoms with van der Waals surface area (Å²) in [6, 6.07) is 0. The number of nitrogens with zero attached hydrogens (tertiary/aromatic N) is 6. The summed E-state index contributed by atoms with van der Waals surface area (Å²) in [6.07, 6.45) is 0. The van der Waals surface area contributed by atoms with Gasteiger partial charge in [0.15, 0.2) is 0 Å². The Morgan fingerprint density at radius 1 is 0.857 bits per heavy atom. The van der Waals surface area contributed by atoms with E-state index in [1.165, 1.54) is 9.82 Å². The van der Waals surface area contributed by atoms with Gasteiger partial charge in [0.2, 0.25) is 0 Å². The molecule has 0 radical (unpaired) electrons. The molecule has 0 aliphatic heterocycles. The maximum atomic E-state index is 6.75. The topological polar surface area (TPSA) is 117 Å². The van der Waals surface area contributed by atoms with Crippen LogP contribution in [0.4, 0.5) is 0 Å². The quantitative estimate of drug-likeness (QED) is 0.161. The average molecular weight is 108 g/mol.